The zero-order valence-corrected chi connectivity index (χ0v) is 9.12. The highest BCUT2D eigenvalue weighted by Gasteiger charge is 2.07. The van der Waals surface area contributed by atoms with E-state index in [4.69, 9.17) is 9.84 Å². The summed E-state index contributed by atoms with van der Waals surface area (Å²) in [6, 6.07) is 7.50. The topological polar surface area (TPSA) is 72.3 Å². The number of benzene rings is 1. The highest BCUT2D eigenvalue weighted by molar-refractivity contribution is 5.82. The minimum atomic E-state index is -1.16. The monoisotopic (exact) mass is 230 g/mol. The van der Waals surface area contributed by atoms with Crippen molar-refractivity contribution in [3.05, 3.63) is 48.0 Å². The number of aromatic carboxylic acids is 1. The summed E-state index contributed by atoms with van der Waals surface area (Å²) < 4.78 is 5.53. The van der Waals surface area contributed by atoms with Crippen LogP contribution in [0.5, 0.6) is 11.5 Å². The van der Waals surface area contributed by atoms with Crippen molar-refractivity contribution in [3.8, 4) is 11.5 Å². The van der Waals surface area contributed by atoms with Crippen LogP contribution in [-0.2, 0) is 0 Å². The van der Waals surface area contributed by atoms with Crippen LogP contribution in [0.1, 0.15) is 16.2 Å². The molecule has 0 spiro atoms. The summed E-state index contributed by atoms with van der Waals surface area (Å²) in [4.78, 5) is 17.9. The SMILES string of the molecule is Cc1ccccc1Oc1cnc(C(=O)O)nc1. The molecule has 5 heteroatoms. The van der Waals surface area contributed by atoms with Crippen LogP contribution in [0, 0.1) is 6.92 Å². The van der Waals surface area contributed by atoms with Gasteiger partial charge in [0.2, 0.25) is 5.82 Å². The fourth-order valence-corrected chi connectivity index (χ4v) is 1.28. The molecule has 1 aromatic carbocycles. The molecule has 1 N–H and O–H groups in total. The lowest BCUT2D eigenvalue weighted by molar-refractivity contribution is 0.0683. The lowest BCUT2D eigenvalue weighted by Crippen LogP contribution is -2.03. The van der Waals surface area contributed by atoms with E-state index in [0.717, 1.165) is 5.56 Å². The Labute approximate surface area is 97.7 Å². The van der Waals surface area contributed by atoms with Crippen molar-refractivity contribution in [1.29, 1.82) is 0 Å². The van der Waals surface area contributed by atoms with Gasteiger partial charge in [-0.2, -0.15) is 0 Å². The van der Waals surface area contributed by atoms with Gasteiger partial charge in [0.05, 0.1) is 12.4 Å². The van der Waals surface area contributed by atoms with E-state index in [1.165, 1.54) is 12.4 Å². The van der Waals surface area contributed by atoms with E-state index >= 15 is 0 Å². The molecule has 0 aliphatic rings. The molecule has 0 saturated heterocycles. The third-order valence-electron chi connectivity index (χ3n) is 2.14. The van der Waals surface area contributed by atoms with E-state index < -0.39 is 5.97 Å². The summed E-state index contributed by atoms with van der Waals surface area (Å²) in [6.45, 7) is 1.92. The number of para-hydroxylation sites is 1. The van der Waals surface area contributed by atoms with Crippen LogP contribution in [0.2, 0.25) is 0 Å². The van der Waals surface area contributed by atoms with Crippen LogP contribution in [0.4, 0.5) is 0 Å². The number of ether oxygens (including phenoxy) is 1. The molecule has 0 saturated carbocycles. The molecule has 0 radical (unpaired) electrons. The zero-order valence-electron chi connectivity index (χ0n) is 9.12. The van der Waals surface area contributed by atoms with Gasteiger partial charge in [-0.15, -0.1) is 0 Å². The molecule has 2 rings (SSSR count). The average Bonchev–Trinajstić information content (AvgIpc) is 2.33. The lowest BCUT2D eigenvalue weighted by Gasteiger charge is -2.07. The molecule has 0 fully saturated rings. The summed E-state index contributed by atoms with van der Waals surface area (Å²) in [5.41, 5.74) is 0.981. The molecule has 17 heavy (non-hydrogen) atoms. The van der Waals surface area contributed by atoms with Gasteiger partial charge in [0, 0.05) is 0 Å². The second-order valence-electron chi connectivity index (χ2n) is 3.42. The van der Waals surface area contributed by atoms with Gasteiger partial charge in [0.1, 0.15) is 5.75 Å². The Kier molecular flexibility index (Phi) is 3.00. The van der Waals surface area contributed by atoms with E-state index in [1.54, 1.807) is 0 Å². The van der Waals surface area contributed by atoms with Crippen LogP contribution >= 0.6 is 0 Å². The van der Waals surface area contributed by atoms with Gasteiger partial charge < -0.3 is 9.84 Å². The minimum Gasteiger partial charge on any atom is -0.475 e. The number of hydrogen-bond acceptors (Lipinski definition) is 4. The molecule has 1 aromatic heterocycles. The lowest BCUT2D eigenvalue weighted by atomic mass is 10.2. The number of carboxylic acid groups (broad SMARTS) is 1. The Hall–Kier alpha value is -2.43. The van der Waals surface area contributed by atoms with Gasteiger partial charge in [0.15, 0.2) is 5.75 Å². The first-order chi connectivity index (χ1) is 8.16. The fraction of sp³-hybridized carbons (Fsp3) is 0.0833. The van der Waals surface area contributed by atoms with Crippen molar-refractivity contribution in [2.75, 3.05) is 0 Å². The Balaban J connectivity index is 2.20. The maximum atomic E-state index is 10.6. The van der Waals surface area contributed by atoms with E-state index in [2.05, 4.69) is 9.97 Å². The highest BCUT2D eigenvalue weighted by Crippen LogP contribution is 2.23. The third-order valence-corrected chi connectivity index (χ3v) is 2.14. The predicted octanol–water partition coefficient (Wildman–Crippen LogP) is 2.28. The van der Waals surface area contributed by atoms with Gasteiger partial charge in [-0.3, -0.25) is 0 Å². The zero-order chi connectivity index (χ0) is 12.3. The van der Waals surface area contributed by atoms with E-state index in [-0.39, 0.29) is 5.82 Å². The number of aryl methyl sites for hydroxylation is 1. The van der Waals surface area contributed by atoms with Crippen LogP contribution in [0.15, 0.2) is 36.7 Å². The van der Waals surface area contributed by atoms with E-state index in [9.17, 15) is 4.79 Å². The molecule has 1 heterocycles. The molecule has 0 unspecified atom stereocenters. The first-order valence-electron chi connectivity index (χ1n) is 4.95. The summed E-state index contributed by atoms with van der Waals surface area (Å²) in [6.07, 6.45) is 2.67. The summed E-state index contributed by atoms with van der Waals surface area (Å²) in [5, 5.41) is 8.64. The quantitative estimate of drug-likeness (QED) is 0.875. The Bertz CT molecular complexity index is 538. The molecule has 2 aromatic rings. The first-order valence-corrected chi connectivity index (χ1v) is 4.95. The summed E-state index contributed by atoms with van der Waals surface area (Å²) >= 11 is 0. The van der Waals surface area contributed by atoms with Crippen molar-refractivity contribution in [1.82, 2.24) is 9.97 Å². The average molecular weight is 230 g/mol. The van der Waals surface area contributed by atoms with Gasteiger partial charge in [-0.05, 0) is 18.6 Å². The molecule has 86 valence electrons. The fourth-order valence-electron chi connectivity index (χ4n) is 1.28. The molecule has 5 nitrogen and oxygen atoms in total. The van der Waals surface area contributed by atoms with E-state index in [0.29, 0.717) is 11.5 Å². The van der Waals surface area contributed by atoms with Gasteiger partial charge >= 0.3 is 5.97 Å². The smallest absolute Gasteiger partial charge is 0.373 e. The van der Waals surface area contributed by atoms with Crippen molar-refractivity contribution >= 4 is 5.97 Å². The number of rotatable bonds is 3. The first kappa shape index (κ1) is 11.1. The van der Waals surface area contributed by atoms with Crippen LogP contribution in [-0.4, -0.2) is 21.0 Å². The molecule has 0 atom stereocenters. The number of hydrogen-bond donors (Lipinski definition) is 1. The Morgan fingerprint density at radius 1 is 1.24 bits per heavy atom. The normalized spacial score (nSPS) is 9.94. The van der Waals surface area contributed by atoms with Crippen molar-refractivity contribution in [2.45, 2.75) is 6.92 Å². The van der Waals surface area contributed by atoms with Gasteiger partial charge in [-0.25, -0.2) is 14.8 Å². The maximum Gasteiger partial charge on any atom is 0.373 e. The predicted molar refractivity (Wildman–Crippen MR) is 60.2 cm³/mol. The largest absolute Gasteiger partial charge is 0.475 e. The highest BCUT2D eigenvalue weighted by atomic mass is 16.5. The van der Waals surface area contributed by atoms with Crippen molar-refractivity contribution in [3.63, 3.8) is 0 Å². The number of nitrogens with zero attached hydrogens (tertiary/aromatic N) is 2. The second kappa shape index (κ2) is 4.61. The molecule has 0 aliphatic heterocycles. The number of aromatic nitrogens is 2. The maximum absolute atomic E-state index is 10.6. The van der Waals surface area contributed by atoms with Crippen LogP contribution < -0.4 is 4.74 Å². The Morgan fingerprint density at radius 3 is 2.47 bits per heavy atom. The number of carbonyl (C=O) groups is 1. The second-order valence-corrected chi connectivity index (χ2v) is 3.42. The van der Waals surface area contributed by atoms with Gasteiger partial charge in [-0.1, -0.05) is 18.2 Å². The van der Waals surface area contributed by atoms with Crippen molar-refractivity contribution in [2.24, 2.45) is 0 Å². The molecule has 0 amide bonds. The number of carboxylic acids is 1. The minimum absolute atomic E-state index is 0.248. The summed E-state index contributed by atoms with van der Waals surface area (Å²) in [7, 11) is 0. The molecular formula is C12H10N2O3. The third kappa shape index (κ3) is 2.57. The standard InChI is InChI=1S/C12H10N2O3/c1-8-4-2-3-5-10(8)17-9-6-13-11(12(15)16)14-7-9/h2-7H,1H3,(H,15,16). The molecule has 0 aliphatic carbocycles. The van der Waals surface area contributed by atoms with E-state index in [1.807, 2.05) is 31.2 Å². The van der Waals surface area contributed by atoms with Crippen molar-refractivity contribution < 1.29 is 14.6 Å². The molecule has 0 bridgehead atoms. The Morgan fingerprint density at radius 2 is 1.88 bits per heavy atom. The van der Waals surface area contributed by atoms with Gasteiger partial charge in [0.25, 0.3) is 0 Å². The van der Waals surface area contributed by atoms with Crippen LogP contribution in [0.3, 0.4) is 0 Å². The molecular weight excluding hydrogens is 220 g/mol. The summed E-state index contributed by atoms with van der Waals surface area (Å²) in [5.74, 6) is -0.307. The van der Waals surface area contributed by atoms with Crippen LogP contribution in [0.25, 0.3) is 0 Å².